The van der Waals surface area contributed by atoms with Gasteiger partial charge in [-0.2, -0.15) is 0 Å². The Kier molecular flexibility index (Phi) is 9.51. The van der Waals surface area contributed by atoms with E-state index in [0.717, 1.165) is 16.1 Å². The highest BCUT2D eigenvalue weighted by Gasteiger charge is 2.48. The molecule has 1 heterocycles. The van der Waals surface area contributed by atoms with Gasteiger partial charge in [-0.25, -0.2) is 17.1 Å². The number of sulfonamides is 1. The Balaban J connectivity index is 1.60. The molecular weight excluding hydrogens is 575 g/mol. The number of esters is 2. The maximum Gasteiger partial charge on any atom is 0.308 e. The van der Waals surface area contributed by atoms with Crippen LogP contribution in [0.1, 0.15) is 55.5 Å². The van der Waals surface area contributed by atoms with Crippen molar-refractivity contribution in [1.82, 2.24) is 4.31 Å². The van der Waals surface area contributed by atoms with Gasteiger partial charge in [0.15, 0.2) is 0 Å². The van der Waals surface area contributed by atoms with Crippen LogP contribution < -0.4 is 9.64 Å². The van der Waals surface area contributed by atoms with Gasteiger partial charge in [-0.15, -0.1) is 0 Å². The number of anilines is 1. The SMILES string of the molecule is CC(=O)Oc1ccc([C@@H]2C(CC[C@H](OC(C)=O)c3ccc(F)cc3)C(=O)N2c2ccc(C#CN(C)S(C)(=O)=O)cc2)cc1. The molecule has 11 heteroatoms. The molecule has 3 atom stereocenters. The van der Waals surface area contributed by atoms with Crippen LogP contribution in [0.4, 0.5) is 10.1 Å². The van der Waals surface area contributed by atoms with Gasteiger partial charge in [-0.1, -0.05) is 24.3 Å². The zero-order valence-corrected chi connectivity index (χ0v) is 24.9. The van der Waals surface area contributed by atoms with Crippen LogP contribution in [-0.2, 0) is 29.1 Å². The molecule has 43 heavy (non-hydrogen) atoms. The molecule has 0 bridgehead atoms. The first-order chi connectivity index (χ1) is 20.3. The highest BCUT2D eigenvalue weighted by molar-refractivity contribution is 7.88. The minimum Gasteiger partial charge on any atom is -0.458 e. The van der Waals surface area contributed by atoms with Crippen LogP contribution in [-0.4, -0.2) is 43.9 Å². The van der Waals surface area contributed by atoms with Gasteiger partial charge in [-0.05, 0) is 78.4 Å². The highest BCUT2D eigenvalue weighted by atomic mass is 32.2. The van der Waals surface area contributed by atoms with Crippen LogP contribution in [0.3, 0.4) is 0 Å². The molecule has 0 aromatic heterocycles. The van der Waals surface area contributed by atoms with E-state index in [2.05, 4.69) is 12.0 Å². The van der Waals surface area contributed by atoms with Crippen molar-refractivity contribution in [3.05, 3.63) is 95.3 Å². The summed E-state index contributed by atoms with van der Waals surface area (Å²) in [7, 11) is -2.10. The second-order valence-electron chi connectivity index (χ2n) is 10.2. The molecule has 0 spiro atoms. The van der Waals surface area contributed by atoms with E-state index in [1.165, 1.54) is 33.0 Å². The van der Waals surface area contributed by atoms with E-state index < -0.39 is 39.8 Å². The van der Waals surface area contributed by atoms with Crippen molar-refractivity contribution >= 4 is 33.6 Å². The number of nitrogens with zero attached hydrogens (tertiary/aromatic N) is 2. The average molecular weight is 607 g/mol. The standard InChI is InChI=1S/C32H31FN2O7S/c1-21(36)41-28-15-9-25(10-16-28)31-29(17-18-30(42-22(2)37)24-7-11-26(33)12-8-24)32(38)35(31)27-13-5-23(6-14-27)19-20-34(3)43(4,39)40/h5-16,29-31H,17-18H2,1-4H3/t29?,30-,31+/m0/s1. The molecule has 1 unspecified atom stereocenters. The van der Waals surface area contributed by atoms with Gasteiger partial charge in [0.25, 0.3) is 0 Å². The number of ether oxygens (including phenoxy) is 2. The number of halogens is 1. The van der Waals surface area contributed by atoms with Gasteiger partial charge in [-0.3, -0.25) is 14.4 Å². The number of benzene rings is 3. The minimum atomic E-state index is -3.45. The number of hydrogen-bond donors (Lipinski definition) is 0. The average Bonchev–Trinajstić information content (AvgIpc) is 2.94. The van der Waals surface area contributed by atoms with Gasteiger partial charge < -0.3 is 14.4 Å². The van der Waals surface area contributed by atoms with Crippen molar-refractivity contribution in [2.45, 2.75) is 38.8 Å². The van der Waals surface area contributed by atoms with E-state index in [0.29, 0.717) is 35.4 Å². The predicted octanol–water partition coefficient (Wildman–Crippen LogP) is 4.74. The van der Waals surface area contributed by atoms with E-state index in [1.807, 2.05) is 0 Å². The molecule has 0 saturated carbocycles. The minimum absolute atomic E-state index is 0.134. The Bertz CT molecular complexity index is 1660. The Morgan fingerprint density at radius 3 is 2.16 bits per heavy atom. The summed E-state index contributed by atoms with van der Waals surface area (Å²) >= 11 is 0. The van der Waals surface area contributed by atoms with Crippen LogP contribution in [0.25, 0.3) is 0 Å². The van der Waals surface area contributed by atoms with Gasteiger partial charge in [0, 0.05) is 38.2 Å². The van der Waals surface area contributed by atoms with Crippen molar-refractivity contribution in [2.24, 2.45) is 5.92 Å². The maximum atomic E-state index is 13.6. The fourth-order valence-corrected chi connectivity index (χ4v) is 5.04. The molecule has 3 aromatic rings. The summed E-state index contributed by atoms with van der Waals surface area (Å²) in [6.45, 7) is 2.61. The lowest BCUT2D eigenvalue weighted by Crippen LogP contribution is -2.55. The first-order valence-electron chi connectivity index (χ1n) is 13.4. The lowest BCUT2D eigenvalue weighted by molar-refractivity contribution is -0.147. The number of β-lactam (4-membered cyclic amide) rings is 1. The molecular formula is C32H31FN2O7S. The Morgan fingerprint density at radius 2 is 1.60 bits per heavy atom. The first-order valence-corrected chi connectivity index (χ1v) is 15.3. The summed E-state index contributed by atoms with van der Waals surface area (Å²) in [5, 5.41) is 0. The second-order valence-corrected chi connectivity index (χ2v) is 12.2. The molecule has 1 saturated heterocycles. The van der Waals surface area contributed by atoms with Crippen LogP contribution in [0, 0.1) is 23.7 Å². The fourth-order valence-electron chi connectivity index (χ4n) is 4.83. The molecule has 0 aliphatic carbocycles. The van der Waals surface area contributed by atoms with Crippen molar-refractivity contribution < 1.29 is 36.7 Å². The van der Waals surface area contributed by atoms with Crippen molar-refractivity contribution in [2.75, 3.05) is 18.2 Å². The Hall–Kier alpha value is -4.69. The number of hydrogen-bond acceptors (Lipinski definition) is 7. The largest absolute Gasteiger partial charge is 0.458 e. The quantitative estimate of drug-likeness (QED) is 0.114. The Morgan fingerprint density at radius 1 is 0.977 bits per heavy atom. The van der Waals surface area contributed by atoms with Gasteiger partial charge in [0.05, 0.1) is 18.2 Å². The molecule has 1 amide bonds. The fraction of sp³-hybridized carbons (Fsp3) is 0.281. The maximum absolute atomic E-state index is 13.6. The lowest BCUT2D eigenvalue weighted by Gasteiger charge is -2.48. The second kappa shape index (κ2) is 13.1. The summed E-state index contributed by atoms with van der Waals surface area (Å²) in [5.41, 5.74) is 2.62. The first kappa shape index (κ1) is 31.3. The molecule has 9 nitrogen and oxygen atoms in total. The molecule has 0 N–H and O–H groups in total. The van der Waals surface area contributed by atoms with Crippen molar-refractivity contribution in [1.29, 1.82) is 0 Å². The smallest absolute Gasteiger partial charge is 0.308 e. The summed E-state index contributed by atoms with van der Waals surface area (Å²) in [5.74, 6) is 1.23. The van der Waals surface area contributed by atoms with E-state index >= 15 is 0 Å². The summed E-state index contributed by atoms with van der Waals surface area (Å²) < 4.78 is 48.3. The number of carbonyl (C=O) groups excluding carboxylic acids is 3. The topological polar surface area (TPSA) is 110 Å². The molecule has 4 rings (SSSR count). The third-order valence-electron chi connectivity index (χ3n) is 6.99. The molecule has 3 aromatic carbocycles. The van der Waals surface area contributed by atoms with Crippen molar-refractivity contribution in [3.63, 3.8) is 0 Å². The zero-order chi connectivity index (χ0) is 31.3. The van der Waals surface area contributed by atoms with E-state index in [4.69, 9.17) is 9.47 Å². The van der Waals surface area contributed by atoms with E-state index in [-0.39, 0.29) is 11.9 Å². The lowest BCUT2D eigenvalue weighted by atomic mass is 9.78. The predicted molar refractivity (Wildman–Crippen MR) is 158 cm³/mol. The highest BCUT2D eigenvalue weighted by Crippen LogP contribution is 2.46. The van der Waals surface area contributed by atoms with E-state index in [1.54, 1.807) is 65.6 Å². The molecule has 0 radical (unpaired) electrons. The number of amides is 1. The summed E-state index contributed by atoms with van der Waals surface area (Å²) in [6, 6.07) is 21.7. The summed E-state index contributed by atoms with van der Waals surface area (Å²) in [6.07, 6.45) is 1.11. The Labute approximate surface area is 250 Å². The number of rotatable bonds is 9. The van der Waals surface area contributed by atoms with Crippen LogP contribution >= 0.6 is 0 Å². The van der Waals surface area contributed by atoms with E-state index in [9.17, 15) is 27.2 Å². The third-order valence-corrected chi connectivity index (χ3v) is 8.07. The molecule has 1 aliphatic rings. The molecule has 1 fully saturated rings. The monoisotopic (exact) mass is 606 g/mol. The van der Waals surface area contributed by atoms with Crippen LogP contribution in [0.2, 0.25) is 0 Å². The number of carbonyl (C=O) groups is 3. The van der Waals surface area contributed by atoms with Crippen molar-refractivity contribution in [3.8, 4) is 17.7 Å². The third kappa shape index (κ3) is 7.78. The van der Waals surface area contributed by atoms with Gasteiger partial charge in [0.2, 0.25) is 15.9 Å². The molecule has 224 valence electrons. The normalized spacial score (nSPS) is 16.8. The summed E-state index contributed by atoms with van der Waals surface area (Å²) in [4.78, 5) is 38.4. The van der Waals surface area contributed by atoms with Crippen LogP contribution in [0.15, 0.2) is 72.8 Å². The van der Waals surface area contributed by atoms with Crippen LogP contribution in [0.5, 0.6) is 5.75 Å². The zero-order valence-electron chi connectivity index (χ0n) is 24.1. The van der Waals surface area contributed by atoms with Gasteiger partial charge >= 0.3 is 11.9 Å². The molecule has 1 aliphatic heterocycles. The van der Waals surface area contributed by atoms with Gasteiger partial charge in [0.1, 0.15) is 17.7 Å².